The largest absolute Gasteiger partial charge is 0.455 e. The van der Waals surface area contributed by atoms with E-state index in [0.29, 0.717) is 0 Å². The second-order valence-corrected chi connectivity index (χ2v) is 17.6. The molecular formula is C63H39N3O. The first-order valence-electron chi connectivity index (χ1n) is 22.9. The normalized spacial score (nSPS) is 12.9. The van der Waals surface area contributed by atoms with Crippen LogP contribution in [0.2, 0.25) is 0 Å². The highest BCUT2D eigenvalue weighted by molar-refractivity contribution is 6.30. The van der Waals surface area contributed by atoms with E-state index in [9.17, 15) is 0 Å². The molecule has 0 unspecified atom stereocenters. The second kappa shape index (κ2) is 14.6. The van der Waals surface area contributed by atoms with Crippen LogP contribution in [0.25, 0.3) is 105 Å². The van der Waals surface area contributed by atoms with Gasteiger partial charge in [-0.1, -0.05) is 188 Å². The lowest BCUT2D eigenvalue weighted by atomic mass is 9.67. The third-order valence-corrected chi connectivity index (χ3v) is 14.1. The molecule has 0 fully saturated rings. The van der Waals surface area contributed by atoms with Crippen LogP contribution >= 0.6 is 0 Å². The number of furan rings is 1. The Balaban J connectivity index is 1.03. The van der Waals surface area contributed by atoms with Gasteiger partial charge in [0, 0.05) is 49.3 Å². The van der Waals surface area contributed by atoms with Crippen LogP contribution in [-0.2, 0) is 5.41 Å². The minimum Gasteiger partial charge on any atom is -0.455 e. The molecule has 3 aromatic heterocycles. The smallest absolute Gasteiger partial charge is 0.145 e. The van der Waals surface area contributed by atoms with Gasteiger partial charge in [-0.2, -0.15) is 0 Å². The molecule has 0 aliphatic heterocycles. The highest BCUT2D eigenvalue weighted by Crippen LogP contribution is 2.57. The maximum Gasteiger partial charge on any atom is 0.145 e. The summed E-state index contributed by atoms with van der Waals surface area (Å²) in [7, 11) is 0. The molecule has 13 aromatic rings. The molecule has 3 heterocycles. The molecule has 67 heavy (non-hydrogen) atoms. The summed E-state index contributed by atoms with van der Waals surface area (Å²) in [6, 6.07) is 84.9. The summed E-state index contributed by atoms with van der Waals surface area (Å²) in [4.78, 5) is 10.8. The maximum absolute atomic E-state index is 6.96. The van der Waals surface area contributed by atoms with Gasteiger partial charge in [-0.25, -0.2) is 9.97 Å². The van der Waals surface area contributed by atoms with Crippen molar-refractivity contribution in [2.45, 2.75) is 5.41 Å². The fourth-order valence-corrected chi connectivity index (χ4v) is 11.2. The monoisotopic (exact) mass is 853 g/mol. The van der Waals surface area contributed by atoms with Gasteiger partial charge < -0.3 is 4.42 Å². The number of nitrogens with zero attached hydrogens (tertiary/aromatic N) is 3. The molecule has 0 bridgehead atoms. The quantitative estimate of drug-likeness (QED) is 0.157. The minimum atomic E-state index is -0.543. The molecule has 0 atom stereocenters. The Kier molecular flexibility index (Phi) is 8.16. The number of rotatable bonds is 6. The second-order valence-electron chi connectivity index (χ2n) is 17.6. The first-order chi connectivity index (χ1) is 33.2. The van der Waals surface area contributed by atoms with Gasteiger partial charge >= 0.3 is 0 Å². The summed E-state index contributed by atoms with van der Waals surface area (Å²) in [5, 5.41) is 5.48. The number of hydrogen-bond donors (Lipinski definition) is 0. The highest BCUT2D eigenvalue weighted by atomic mass is 16.3. The van der Waals surface area contributed by atoms with Crippen molar-refractivity contribution in [2.24, 2.45) is 0 Å². The SMILES string of the molecule is c1ccc(-n2c(-c3ccc(-c4cc5c(-c6ccc7c(c6)C(c6ccccc6)(c6ccccc6)c6ccccc6-7)nc6ccccc6c5c5c4oc4ccccc45)cc3)nc3ccccc32)cc1. The predicted molar refractivity (Wildman–Crippen MR) is 275 cm³/mol. The van der Waals surface area contributed by atoms with Gasteiger partial charge in [0.15, 0.2) is 0 Å². The van der Waals surface area contributed by atoms with Crippen molar-refractivity contribution in [3.63, 3.8) is 0 Å². The third-order valence-electron chi connectivity index (χ3n) is 14.1. The van der Waals surface area contributed by atoms with Crippen LogP contribution in [-0.4, -0.2) is 14.5 Å². The summed E-state index contributed by atoms with van der Waals surface area (Å²) < 4.78 is 9.21. The van der Waals surface area contributed by atoms with Crippen molar-refractivity contribution in [3.05, 3.63) is 259 Å². The number of hydrogen-bond acceptors (Lipinski definition) is 3. The van der Waals surface area contributed by atoms with E-state index in [1.165, 1.54) is 33.4 Å². The molecule has 0 N–H and O–H groups in total. The fraction of sp³-hybridized carbons (Fsp3) is 0.0159. The topological polar surface area (TPSA) is 43.9 Å². The van der Waals surface area contributed by atoms with Gasteiger partial charge in [0.2, 0.25) is 0 Å². The van der Waals surface area contributed by atoms with E-state index in [2.05, 4.69) is 235 Å². The van der Waals surface area contributed by atoms with E-state index in [0.717, 1.165) is 94.1 Å². The van der Waals surface area contributed by atoms with Crippen LogP contribution in [0, 0.1) is 0 Å². The van der Waals surface area contributed by atoms with Crippen molar-refractivity contribution in [1.82, 2.24) is 14.5 Å². The molecule has 4 nitrogen and oxygen atoms in total. The van der Waals surface area contributed by atoms with Crippen LogP contribution in [0.3, 0.4) is 0 Å². The molecule has 14 rings (SSSR count). The van der Waals surface area contributed by atoms with Crippen LogP contribution < -0.4 is 0 Å². The van der Waals surface area contributed by atoms with Gasteiger partial charge in [-0.05, 0) is 87.5 Å². The summed E-state index contributed by atoms with van der Waals surface area (Å²) in [6.45, 7) is 0. The lowest BCUT2D eigenvalue weighted by Gasteiger charge is -2.34. The van der Waals surface area contributed by atoms with Crippen molar-refractivity contribution in [2.75, 3.05) is 0 Å². The van der Waals surface area contributed by atoms with Crippen LogP contribution in [0.15, 0.2) is 241 Å². The lowest BCUT2D eigenvalue weighted by Crippen LogP contribution is -2.28. The van der Waals surface area contributed by atoms with Crippen molar-refractivity contribution < 1.29 is 4.42 Å². The van der Waals surface area contributed by atoms with Crippen LogP contribution in [0.5, 0.6) is 0 Å². The summed E-state index contributed by atoms with van der Waals surface area (Å²) in [5.74, 6) is 0.894. The van der Waals surface area contributed by atoms with Crippen LogP contribution in [0.1, 0.15) is 22.3 Å². The molecule has 1 aliphatic carbocycles. The Morgan fingerprint density at radius 3 is 1.76 bits per heavy atom. The number of imidazole rings is 1. The first kappa shape index (κ1) is 37.5. The zero-order chi connectivity index (χ0) is 44.1. The first-order valence-corrected chi connectivity index (χ1v) is 22.9. The Morgan fingerprint density at radius 1 is 0.388 bits per heavy atom. The number of benzene rings is 10. The van der Waals surface area contributed by atoms with Gasteiger partial charge in [0.05, 0.1) is 27.7 Å². The van der Waals surface area contributed by atoms with E-state index < -0.39 is 5.41 Å². The zero-order valence-electron chi connectivity index (χ0n) is 36.3. The number of pyridine rings is 1. The van der Waals surface area contributed by atoms with E-state index in [1.54, 1.807) is 0 Å². The van der Waals surface area contributed by atoms with E-state index in [4.69, 9.17) is 14.4 Å². The Bertz CT molecular complexity index is 4040. The van der Waals surface area contributed by atoms with E-state index in [1.807, 2.05) is 6.07 Å². The molecule has 312 valence electrons. The van der Waals surface area contributed by atoms with Crippen molar-refractivity contribution in [3.8, 4) is 50.6 Å². The average molecular weight is 854 g/mol. The molecule has 10 aromatic carbocycles. The number of aromatic nitrogens is 3. The third kappa shape index (κ3) is 5.47. The molecule has 0 spiro atoms. The molecule has 4 heteroatoms. The molecular weight excluding hydrogens is 815 g/mol. The zero-order valence-corrected chi connectivity index (χ0v) is 36.3. The van der Waals surface area contributed by atoms with Gasteiger partial charge in [0.25, 0.3) is 0 Å². The molecule has 0 saturated carbocycles. The Morgan fingerprint density at radius 2 is 0.985 bits per heavy atom. The van der Waals surface area contributed by atoms with E-state index in [-0.39, 0.29) is 0 Å². The highest BCUT2D eigenvalue weighted by Gasteiger charge is 2.46. The Hall–Kier alpha value is -8.86. The minimum absolute atomic E-state index is 0.543. The standard InChI is InChI=1S/C63H39N3O/c1-4-18-43(19-5-1)63(44-20-6-2-7-21-44)52-27-13-10-24-46(52)47-37-36-42(38-53(47)63)60-51-39-50(61-59(49-26-12-17-31-57(49)67-61)58(51)48-25-11-14-28-54(48)64-60)40-32-34-41(35-33-40)62-65-55-29-15-16-30-56(55)66(62)45-22-8-3-9-23-45/h1-39H. The summed E-state index contributed by atoms with van der Waals surface area (Å²) >= 11 is 0. The van der Waals surface area contributed by atoms with E-state index >= 15 is 0 Å². The summed E-state index contributed by atoms with van der Waals surface area (Å²) in [5.41, 5.74) is 17.8. The van der Waals surface area contributed by atoms with Gasteiger partial charge in [0.1, 0.15) is 17.0 Å². The summed E-state index contributed by atoms with van der Waals surface area (Å²) in [6.07, 6.45) is 0. The molecule has 0 saturated heterocycles. The number of para-hydroxylation sites is 5. The fourth-order valence-electron chi connectivity index (χ4n) is 11.2. The van der Waals surface area contributed by atoms with Crippen molar-refractivity contribution >= 4 is 54.6 Å². The van der Waals surface area contributed by atoms with Gasteiger partial charge in [-0.3, -0.25) is 4.57 Å². The number of fused-ring (bicyclic) bond motifs is 11. The van der Waals surface area contributed by atoms with Gasteiger partial charge in [-0.15, -0.1) is 0 Å². The molecule has 1 aliphatic rings. The Labute approximate surface area is 386 Å². The predicted octanol–water partition coefficient (Wildman–Crippen LogP) is 16.0. The average Bonchev–Trinajstić information content (AvgIpc) is 4.08. The molecule has 0 radical (unpaired) electrons. The van der Waals surface area contributed by atoms with Crippen LogP contribution in [0.4, 0.5) is 0 Å². The lowest BCUT2D eigenvalue weighted by molar-refractivity contribution is 0.670. The maximum atomic E-state index is 6.96. The van der Waals surface area contributed by atoms with Crippen molar-refractivity contribution in [1.29, 1.82) is 0 Å². The molecule has 0 amide bonds.